The van der Waals surface area contributed by atoms with Gasteiger partial charge in [0, 0.05) is 6.42 Å². The first-order valence-corrected chi connectivity index (χ1v) is 6.69. The van der Waals surface area contributed by atoms with Crippen molar-refractivity contribution in [3.63, 3.8) is 0 Å². The number of carboxylic acid groups (broad SMARTS) is 1. The molecule has 5 heteroatoms. The smallest absolute Gasteiger partial charge is 0.307 e. The van der Waals surface area contributed by atoms with Gasteiger partial charge in [0.15, 0.2) is 0 Å². The molecule has 0 saturated carbocycles. The number of aliphatic carboxylic acids is 1. The fourth-order valence-electron chi connectivity index (χ4n) is 2.02. The molecule has 0 heterocycles. The van der Waals surface area contributed by atoms with Crippen LogP contribution in [0.2, 0.25) is 0 Å². The van der Waals surface area contributed by atoms with Crippen molar-refractivity contribution in [2.75, 3.05) is 0 Å². The molecule has 0 radical (unpaired) electrons. The summed E-state index contributed by atoms with van der Waals surface area (Å²) in [6.07, 6.45) is 1.44. The van der Waals surface area contributed by atoms with Crippen molar-refractivity contribution in [2.45, 2.75) is 38.6 Å². The number of carbonyl (C=O) groups excluding carboxylic acids is 1. The maximum absolute atomic E-state index is 12.8. The molecule has 0 aromatic heterocycles. The normalized spacial score (nSPS) is 13.8. The van der Waals surface area contributed by atoms with Crippen LogP contribution in [0.25, 0.3) is 0 Å². The first-order chi connectivity index (χ1) is 9.43. The van der Waals surface area contributed by atoms with Gasteiger partial charge in [0.05, 0.1) is 12.0 Å². The molecule has 0 aliphatic carbocycles. The summed E-state index contributed by atoms with van der Waals surface area (Å²) in [5, 5.41) is 9.18. The summed E-state index contributed by atoms with van der Waals surface area (Å²) in [7, 11) is 0. The number of nitrogens with two attached hydrogens (primary N) is 1. The van der Waals surface area contributed by atoms with Crippen LogP contribution in [-0.4, -0.2) is 22.9 Å². The minimum Gasteiger partial charge on any atom is -0.481 e. The maximum Gasteiger partial charge on any atom is 0.307 e. The lowest BCUT2D eigenvalue weighted by Crippen LogP contribution is -2.33. The van der Waals surface area contributed by atoms with Crippen molar-refractivity contribution < 1.29 is 19.1 Å². The highest BCUT2D eigenvalue weighted by Gasteiger charge is 2.24. The Hall–Kier alpha value is -1.75. The number of rotatable bonds is 8. The first-order valence-electron chi connectivity index (χ1n) is 6.69. The van der Waals surface area contributed by atoms with E-state index in [9.17, 15) is 19.1 Å². The number of hydrogen-bond donors (Lipinski definition) is 2. The summed E-state index contributed by atoms with van der Waals surface area (Å²) < 4.78 is 12.8. The fraction of sp³-hybridized carbons (Fsp3) is 0.467. The number of ketones is 1. The number of hydrogen-bond acceptors (Lipinski definition) is 3. The predicted octanol–water partition coefficient (Wildman–Crippen LogP) is 2.16. The minimum absolute atomic E-state index is 0.0894. The lowest BCUT2D eigenvalue weighted by atomic mass is 9.91. The Morgan fingerprint density at radius 1 is 1.30 bits per heavy atom. The molecule has 1 aromatic carbocycles. The molecule has 1 aromatic rings. The van der Waals surface area contributed by atoms with E-state index in [4.69, 9.17) is 5.73 Å². The second-order valence-electron chi connectivity index (χ2n) is 4.93. The van der Waals surface area contributed by atoms with Crippen molar-refractivity contribution in [1.82, 2.24) is 0 Å². The highest BCUT2D eigenvalue weighted by molar-refractivity contribution is 5.87. The molecule has 1 unspecified atom stereocenters. The fourth-order valence-corrected chi connectivity index (χ4v) is 2.02. The van der Waals surface area contributed by atoms with Gasteiger partial charge in [-0.05, 0) is 30.5 Å². The number of carboxylic acids is 1. The maximum atomic E-state index is 12.8. The van der Waals surface area contributed by atoms with Crippen molar-refractivity contribution >= 4 is 11.8 Å². The average molecular weight is 281 g/mol. The average Bonchev–Trinajstić information content (AvgIpc) is 2.40. The molecule has 0 fully saturated rings. The van der Waals surface area contributed by atoms with Gasteiger partial charge in [-0.25, -0.2) is 4.39 Å². The monoisotopic (exact) mass is 281 g/mol. The lowest BCUT2D eigenvalue weighted by Gasteiger charge is -2.15. The molecule has 0 aliphatic rings. The van der Waals surface area contributed by atoms with Crippen LogP contribution in [0.15, 0.2) is 24.3 Å². The molecule has 0 spiro atoms. The summed E-state index contributed by atoms with van der Waals surface area (Å²) in [6.45, 7) is 1.92. The van der Waals surface area contributed by atoms with Crippen LogP contribution in [0.5, 0.6) is 0 Å². The van der Waals surface area contributed by atoms with E-state index in [-0.39, 0.29) is 24.4 Å². The van der Waals surface area contributed by atoms with Crippen LogP contribution in [-0.2, 0) is 16.0 Å². The number of carbonyl (C=O) groups is 2. The largest absolute Gasteiger partial charge is 0.481 e. The number of halogens is 1. The van der Waals surface area contributed by atoms with Gasteiger partial charge in [-0.2, -0.15) is 0 Å². The molecular weight excluding hydrogens is 261 g/mol. The van der Waals surface area contributed by atoms with Gasteiger partial charge in [0.2, 0.25) is 0 Å². The Kier molecular flexibility index (Phi) is 6.31. The molecule has 4 nitrogen and oxygen atoms in total. The molecule has 2 atom stereocenters. The van der Waals surface area contributed by atoms with E-state index in [2.05, 4.69) is 0 Å². The van der Waals surface area contributed by atoms with E-state index in [1.807, 2.05) is 6.92 Å². The van der Waals surface area contributed by atoms with Crippen LogP contribution < -0.4 is 5.73 Å². The van der Waals surface area contributed by atoms with Crippen LogP contribution in [0.1, 0.15) is 31.7 Å². The van der Waals surface area contributed by atoms with Gasteiger partial charge in [-0.1, -0.05) is 25.5 Å². The summed E-state index contributed by atoms with van der Waals surface area (Å²) in [4.78, 5) is 23.1. The first kappa shape index (κ1) is 16.3. The Balaban J connectivity index is 2.67. The van der Waals surface area contributed by atoms with Gasteiger partial charge >= 0.3 is 5.97 Å². The second-order valence-corrected chi connectivity index (χ2v) is 4.93. The van der Waals surface area contributed by atoms with E-state index in [1.54, 1.807) is 0 Å². The number of Topliss-reactive ketones (excluding diaryl/α,β-unsaturated/α-hetero) is 1. The third-order valence-electron chi connectivity index (χ3n) is 3.21. The van der Waals surface area contributed by atoms with E-state index < -0.39 is 17.9 Å². The van der Waals surface area contributed by atoms with Crippen molar-refractivity contribution in [1.29, 1.82) is 0 Å². The summed E-state index contributed by atoms with van der Waals surface area (Å²) in [5.41, 5.74) is 6.39. The summed E-state index contributed by atoms with van der Waals surface area (Å²) in [5.74, 6) is -2.47. The van der Waals surface area contributed by atoms with E-state index in [0.29, 0.717) is 12.0 Å². The zero-order chi connectivity index (χ0) is 15.1. The van der Waals surface area contributed by atoms with Crippen molar-refractivity contribution in [3.05, 3.63) is 35.6 Å². The third kappa shape index (κ3) is 5.09. The van der Waals surface area contributed by atoms with Gasteiger partial charge < -0.3 is 10.8 Å². The number of benzene rings is 1. The summed E-state index contributed by atoms with van der Waals surface area (Å²) >= 11 is 0. The third-order valence-corrected chi connectivity index (χ3v) is 3.21. The minimum atomic E-state index is -1.04. The molecular formula is C15H20FNO3. The van der Waals surface area contributed by atoms with Crippen LogP contribution in [0.3, 0.4) is 0 Å². The Morgan fingerprint density at radius 3 is 2.40 bits per heavy atom. The van der Waals surface area contributed by atoms with Crippen molar-refractivity contribution in [2.24, 2.45) is 11.7 Å². The molecule has 1 rings (SSSR count). The standard InChI is InChI=1S/C15H20FNO3/c1-2-3-13(17)14(18)9-11(15(19)20)8-10-4-6-12(16)7-5-10/h4-7,11,13H,2-3,8-9,17H2,1H3,(H,19,20)/t11?,13-/m0/s1. The van der Waals surface area contributed by atoms with Gasteiger partial charge in [-0.15, -0.1) is 0 Å². The topological polar surface area (TPSA) is 80.4 Å². The Bertz CT molecular complexity index is 459. The zero-order valence-corrected chi connectivity index (χ0v) is 11.5. The molecule has 20 heavy (non-hydrogen) atoms. The molecule has 0 aliphatic heterocycles. The molecule has 0 saturated heterocycles. The van der Waals surface area contributed by atoms with Gasteiger partial charge in [0.25, 0.3) is 0 Å². The van der Waals surface area contributed by atoms with E-state index in [0.717, 1.165) is 6.42 Å². The van der Waals surface area contributed by atoms with Gasteiger partial charge in [-0.3, -0.25) is 9.59 Å². The van der Waals surface area contributed by atoms with Crippen molar-refractivity contribution in [3.8, 4) is 0 Å². The van der Waals surface area contributed by atoms with Gasteiger partial charge in [0.1, 0.15) is 11.6 Å². The SMILES string of the molecule is CCC[C@H](N)C(=O)CC(Cc1ccc(F)cc1)C(=O)O. The molecule has 110 valence electrons. The predicted molar refractivity (Wildman–Crippen MR) is 73.7 cm³/mol. The van der Waals surface area contributed by atoms with Crippen LogP contribution in [0.4, 0.5) is 4.39 Å². The Morgan fingerprint density at radius 2 is 1.90 bits per heavy atom. The highest BCUT2D eigenvalue weighted by atomic mass is 19.1. The molecule has 0 bridgehead atoms. The highest BCUT2D eigenvalue weighted by Crippen LogP contribution is 2.15. The van der Waals surface area contributed by atoms with Crippen LogP contribution >= 0.6 is 0 Å². The summed E-state index contributed by atoms with van der Waals surface area (Å²) in [6, 6.07) is 5.01. The molecule has 3 N–H and O–H groups in total. The quantitative estimate of drug-likeness (QED) is 0.765. The van der Waals surface area contributed by atoms with E-state index in [1.165, 1.54) is 24.3 Å². The zero-order valence-electron chi connectivity index (χ0n) is 11.5. The van der Waals surface area contributed by atoms with E-state index >= 15 is 0 Å². The lowest BCUT2D eigenvalue weighted by molar-refractivity contribution is -0.143. The Labute approximate surface area is 117 Å². The van der Waals surface area contributed by atoms with Crippen LogP contribution in [0, 0.1) is 11.7 Å². The second kappa shape index (κ2) is 7.75. The molecule has 0 amide bonds.